The minimum atomic E-state index is -0.621. The van der Waals surface area contributed by atoms with Gasteiger partial charge in [-0.3, -0.25) is 0 Å². The molecule has 1 aliphatic heterocycles. The molecule has 0 amide bonds. The Balaban J connectivity index is 1.47. The van der Waals surface area contributed by atoms with Gasteiger partial charge in [0.1, 0.15) is 18.2 Å². The van der Waals surface area contributed by atoms with Gasteiger partial charge in [0.25, 0.3) is 0 Å². The number of cyclic esters (lactones) is 1. The fourth-order valence-corrected chi connectivity index (χ4v) is 2.98. The van der Waals surface area contributed by atoms with Gasteiger partial charge >= 0.3 is 5.97 Å². The van der Waals surface area contributed by atoms with Gasteiger partial charge in [0.2, 0.25) is 5.90 Å². The van der Waals surface area contributed by atoms with Crippen molar-refractivity contribution in [2.24, 2.45) is 4.99 Å². The predicted molar refractivity (Wildman–Crippen MR) is 109 cm³/mol. The van der Waals surface area contributed by atoms with E-state index in [9.17, 15) is 9.18 Å². The second-order valence-corrected chi connectivity index (χ2v) is 6.74. The zero-order valence-electron chi connectivity index (χ0n) is 15.1. The first-order valence-corrected chi connectivity index (χ1v) is 9.21. The van der Waals surface area contributed by atoms with Crippen LogP contribution in [0.5, 0.6) is 5.75 Å². The number of ether oxygens (including phenoxy) is 2. The van der Waals surface area contributed by atoms with Crippen LogP contribution in [0, 0.1) is 5.82 Å². The smallest absolute Gasteiger partial charge is 0.363 e. The molecule has 4 rings (SSSR count). The first-order valence-electron chi connectivity index (χ1n) is 8.83. The second kappa shape index (κ2) is 8.29. The zero-order valence-corrected chi connectivity index (χ0v) is 15.9. The fourth-order valence-electron chi connectivity index (χ4n) is 2.77. The van der Waals surface area contributed by atoms with Gasteiger partial charge in [-0.1, -0.05) is 48.0 Å². The number of hydrogen-bond donors (Lipinski definition) is 0. The third kappa shape index (κ3) is 4.52. The zero-order chi connectivity index (χ0) is 20.2. The summed E-state index contributed by atoms with van der Waals surface area (Å²) in [6.45, 7) is 0.392. The van der Waals surface area contributed by atoms with Crippen LogP contribution in [0.1, 0.15) is 16.7 Å². The molecule has 0 radical (unpaired) electrons. The number of carbonyl (C=O) groups excluding carboxylic acids is 1. The monoisotopic (exact) mass is 407 g/mol. The molecule has 0 N–H and O–H groups in total. The highest BCUT2D eigenvalue weighted by Gasteiger charge is 2.25. The maximum atomic E-state index is 13.9. The van der Waals surface area contributed by atoms with Crippen molar-refractivity contribution in [1.82, 2.24) is 0 Å². The molecule has 29 heavy (non-hydrogen) atoms. The molecule has 0 aromatic heterocycles. The van der Waals surface area contributed by atoms with Gasteiger partial charge in [0.15, 0.2) is 5.70 Å². The molecular weight excluding hydrogens is 393 g/mol. The molecular formula is C23H15ClFNO3. The summed E-state index contributed by atoms with van der Waals surface area (Å²) in [5.74, 6) is -0.483. The van der Waals surface area contributed by atoms with E-state index in [2.05, 4.69) is 4.99 Å². The molecule has 0 unspecified atom stereocenters. The highest BCUT2D eigenvalue weighted by atomic mass is 35.5. The van der Waals surface area contributed by atoms with Crippen LogP contribution in [0.2, 0.25) is 5.02 Å². The standard InChI is InChI=1S/C23H15ClFNO3/c24-17-5-3-4-16(12-17)14-28-18-10-8-15(9-11-18)13-21-23(27)29-22(26-21)19-6-1-2-7-20(19)25/h1-13H,14H2/b21-13-. The van der Waals surface area contributed by atoms with Crippen LogP contribution in [-0.4, -0.2) is 11.9 Å². The maximum absolute atomic E-state index is 13.9. The summed E-state index contributed by atoms with van der Waals surface area (Å²) in [6.07, 6.45) is 1.58. The summed E-state index contributed by atoms with van der Waals surface area (Å²) in [5.41, 5.74) is 1.96. The average Bonchev–Trinajstić information content (AvgIpc) is 3.08. The Hall–Kier alpha value is -3.44. The molecule has 0 fully saturated rings. The molecule has 3 aromatic rings. The Labute approximate surface area is 171 Å². The lowest BCUT2D eigenvalue weighted by molar-refractivity contribution is -0.129. The van der Waals surface area contributed by atoms with E-state index in [4.69, 9.17) is 21.1 Å². The van der Waals surface area contributed by atoms with E-state index in [0.29, 0.717) is 17.4 Å². The van der Waals surface area contributed by atoms with Gasteiger partial charge in [0, 0.05) is 5.02 Å². The quantitative estimate of drug-likeness (QED) is 0.420. The van der Waals surface area contributed by atoms with E-state index >= 15 is 0 Å². The molecule has 6 heteroatoms. The molecule has 0 spiro atoms. The van der Waals surface area contributed by atoms with Crippen molar-refractivity contribution in [3.8, 4) is 5.75 Å². The van der Waals surface area contributed by atoms with E-state index in [1.54, 1.807) is 48.5 Å². The van der Waals surface area contributed by atoms with Crippen molar-refractivity contribution in [3.05, 3.63) is 106 Å². The largest absolute Gasteiger partial charge is 0.489 e. The van der Waals surface area contributed by atoms with Crippen molar-refractivity contribution in [2.75, 3.05) is 0 Å². The van der Waals surface area contributed by atoms with Crippen LogP contribution in [0.3, 0.4) is 0 Å². The summed E-state index contributed by atoms with van der Waals surface area (Å²) >= 11 is 5.97. The number of halogens is 2. The molecule has 1 aliphatic rings. The molecule has 3 aromatic carbocycles. The summed E-state index contributed by atoms with van der Waals surface area (Å²) in [5, 5.41) is 0.659. The maximum Gasteiger partial charge on any atom is 0.363 e. The van der Waals surface area contributed by atoms with Crippen molar-refractivity contribution in [1.29, 1.82) is 0 Å². The van der Waals surface area contributed by atoms with Gasteiger partial charge in [-0.2, -0.15) is 0 Å². The van der Waals surface area contributed by atoms with Crippen molar-refractivity contribution in [3.63, 3.8) is 0 Å². The van der Waals surface area contributed by atoms with E-state index < -0.39 is 11.8 Å². The molecule has 0 bridgehead atoms. The van der Waals surface area contributed by atoms with E-state index in [-0.39, 0.29) is 17.2 Å². The Morgan fingerprint density at radius 3 is 2.59 bits per heavy atom. The van der Waals surface area contributed by atoms with Gasteiger partial charge in [0.05, 0.1) is 5.56 Å². The first kappa shape index (κ1) is 18.9. The second-order valence-electron chi connectivity index (χ2n) is 6.30. The Bertz CT molecular complexity index is 1120. The Morgan fingerprint density at radius 2 is 1.83 bits per heavy atom. The lowest BCUT2D eigenvalue weighted by Gasteiger charge is -2.07. The molecule has 4 nitrogen and oxygen atoms in total. The number of benzene rings is 3. The van der Waals surface area contributed by atoms with Crippen LogP contribution >= 0.6 is 11.6 Å². The number of esters is 1. The topological polar surface area (TPSA) is 47.9 Å². The summed E-state index contributed by atoms with van der Waals surface area (Å²) in [6, 6.07) is 20.6. The normalized spacial score (nSPS) is 14.6. The molecule has 144 valence electrons. The van der Waals surface area contributed by atoms with Crippen LogP contribution in [-0.2, 0) is 16.1 Å². The fraction of sp³-hybridized carbons (Fsp3) is 0.0435. The van der Waals surface area contributed by atoms with Gasteiger partial charge in [-0.15, -0.1) is 0 Å². The molecule has 1 heterocycles. The summed E-state index contributed by atoms with van der Waals surface area (Å²) < 4.78 is 24.7. The predicted octanol–water partition coefficient (Wildman–Crippen LogP) is 5.40. The van der Waals surface area contributed by atoms with Gasteiger partial charge in [-0.25, -0.2) is 14.2 Å². The van der Waals surface area contributed by atoms with Crippen molar-refractivity contribution >= 4 is 29.5 Å². The van der Waals surface area contributed by atoms with Gasteiger partial charge < -0.3 is 9.47 Å². The van der Waals surface area contributed by atoms with E-state index in [1.165, 1.54) is 12.1 Å². The third-order valence-electron chi connectivity index (χ3n) is 4.20. The number of carbonyl (C=O) groups is 1. The minimum absolute atomic E-state index is 0.0409. The highest BCUT2D eigenvalue weighted by Crippen LogP contribution is 2.22. The van der Waals surface area contributed by atoms with Gasteiger partial charge in [-0.05, 0) is 53.6 Å². The molecule has 0 saturated heterocycles. The number of aliphatic imine (C=N–C) groups is 1. The summed E-state index contributed by atoms with van der Waals surface area (Å²) in [4.78, 5) is 16.2. The number of hydrogen-bond acceptors (Lipinski definition) is 4. The summed E-state index contributed by atoms with van der Waals surface area (Å²) in [7, 11) is 0. The van der Waals surface area contributed by atoms with Crippen LogP contribution < -0.4 is 4.74 Å². The van der Waals surface area contributed by atoms with Crippen LogP contribution in [0.25, 0.3) is 6.08 Å². The van der Waals surface area contributed by atoms with E-state index in [1.807, 2.05) is 18.2 Å². The van der Waals surface area contributed by atoms with Crippen LogP contribution in [0.15, 0.2) is 83.5 Å². The Morgan fingerprint density at radius 1 is 1.03 bits per heavy atom. The third-order valence-corrected chi connectivity index (χ3v) is 4.44. The highest BCUT2D eigenvalue weighted by molar-refractivity contribution is 6.30. The number of rotatable bonds is 5. The van der Waals surface area contributed by atoms with Crippen molar-refractivity contribution in [2.45, 2.75) is 6.61 Å². The minimum Gasteiger partial charge on any atom is -0.489 e. The van der Waals surface area contributed by atoms with Crippen molar-refractivity contribution < 1.29 is 18.7 Å². The molecule has 0 atom stereocenters. The molecule has 0 saturated carbocycles. The Kier molecular flexibility index (Phi) is 5.40. The number of nitrogens with zero attached hydrogens (tertiary/aromatic N) is 1. The SMILES string of the molecule is O=C1OC(c2ccccc2F)=N/C1=C\c1ccc(OCc2cccc(Cl)c2)cc1. The molecule has 0 aliphatic carbocycles. The lowest BCUT2D eigenvalue weighted by atomic mass is 10.2. The average molecular weight is 408 g/mol. The lowest BCUT2D eigenvalue weighted by Crippen LogP contribution is -2.07. The first-order chi connectivity index (χ1) is 14.1. The van der Waals surface area contributed by atoms with E-state index in [0.717, 1.165) is 11.1 Å². The van der Waals surface area contributed by atoms with Crippen LogP contribution in [0.4, 0.5) is 4.39 Å².